The number of fused-ring (bicyclic) bond motifs is 1. The normalized spacial score (nSPS) is 11.6. The number of para-hydroxylation sites is 1. The number of ketones is 1. The minimum atomic E-state index is -1.04. The van der Waals surface area contributed by atoms with Crippen LogP contribution in [0.3, 0.4) is 0 Å². The van der Waals surface area contributed by atoms with Crippen molar-refractivity contribution in [2.45, 2.75) is 12.5 Å². The van der Waals surface area contributed by atoms with E-state index in [0.29, 0.717) is 11.3 Å². The van der Waals surface area contributed by atoms with E-state index in [-0.39, 0.29) is 22.8 Å². The van der Waals surface area contributed by atoms with Crippen LogP contribution < -0.4 is 10.1 Å². The van der Waals surface area contributed by atoms with Gasteiger partial charge >= 0.3 is 5.97 Å². The molecule has 0 spiro atoms. The molecule has 0 aliphatic heterocycles. The zero-order chi connectivity index (χ0) is 24.8. The van der Waals surface area contributed by atoms with Gasteiger partial charge in [0, 0.05) is 29.1 Å². The lowest BCUT2D eigenvalue weighted by Gasteiger charge is -2.18. The predicted octanol–water partition coefficient (Wildman–Crippen LogP) is 4.60. The number of hydrogen-bond donors (Lipinski definition) is 2. The van der Waals surface area contributed by atoms with E-state index in [4.69, 9.17) is 21.1 Å². The third-order valence-corrected chi connectivity index (χ3v) is 5.89. The molecule has 0 fully saturated rings. The summed E-state index contributed by atoms with van der Waals surface area (Å²) in [6.45, 7) is -0.461. The van der Waals surface area contributed by atoms with Gasteiger partial charge in [0.05, 0.1) is 17.7 Å². The number of halogens is 1. The topological polar surface area (TPSA) is 97.5 Å². The maximum absolute atomic E-state index is 13.0. The number of nitrogens with one attached hydrogen (secondary N) is 2. The van der Waals surface area contributed by atoms with Gasteiger partial charge in [-0.15, -0.1) is 0 Å². The van der Waals surface area contributed by atoms with Crippen molar-refractivity contribution >= 4 is 40.2 Å². The van der Waals surface area contributed by atoms with Gasteiger partial charge in [0.1, 0.15) is 11.8 Å². The second-order valence-corrected chi connectivity index (χ2v) is 8.24. The van der Waals surface area contributed by atoms with Crippen LogP contribution in [-0.4, -0.2) is 42.4 Å². The number of carbonyl (C=O) groups excluding carboxylic acids is 3. The summed E-state index contributed by atoms with van der Waals surface area (Å²) in [4.78, 5) is 41.6. The lowest BCUT2D eigenvalue weighted by atomic mass is 10.0. The largest absolute Gasteiger partial charge is 0.497 e. The van der Waals surface area contributed by atoms with Crippen molar-refractivity contribution in [2.75, 3.05) is 13.7 Å². The van der Waals surface area contributed by atoms with Crippen molar-refractivity contribution in [3.05, 3.63) is 101 Å². The van der Waals surface area contributed by atoms with Crippen LogP contribution in [0.1, 0.15) is 26.3 Å². The quantitative estimate of drug-likeness (QED) is 0.264. The third-order valence-electron chi connectivity index (χ3n) is 5.56. The van der Waals surface area contributed by atoms with Crippen molar-refractivity contribution in [1.29, 1.82) is 0 Å². The van der Waals surface area contributed by atoms with E-state index >= 15 is 0 Å². The molecule has 1 atom stereocenters. The highest BCUT2D eigenvalue weighted by Gasteiger charge is 2.26. The molecule has 1 aromatic heterocycles. The molecule has 178 valence electrons. The van der Waals surface area contributed by atoms with E-state index in [0.717, 1.165) is 16.5 Å². The van der Waals surface area contributed by atoms with Gasteiger partial charge in [0.15, 0.2) is 12.4 Å². The molecule has 0 saturated carbocycles. The first-order valence-corrected chi connectivity index (χ1v) is 11.3. The second-order valence-electron chi connectivity index (χ2n) is 7.83. The number of aromatic nitrogens is 1. The van der Waals surface area contributed by atoms with Crippen LogP contribution >= 0.6 is 11.6 Å². The maximum atomic E-state index is 13.0. The predicted molar refractivity (Wildman–Crippen MR) is 133 cm³/mol. The van der Waals surface area contributed by atoms with Gasteiger partial charge < -0.3 is 19.8 Å². The molecule has 2 N–H and O–H groups in total. The number of benzene rings is 3. The van der Waals surface area contributed by atoms with Crippen LogP contribution in [-0.2, 0) is 16.0 Å². The summed E-state index contributed by atoms with van der Waals surface area (Å²) in [5.41, 5.74) is 2.34. The standard InChI is InChI=1S/C27H23ClN2O5/c1-34-19-12-10-17(11-13-19)25(31)16-35-27(33)24(30-26(32)21-7-2-4-8-22(21)28)14-18-15-29-23-9-5-3-6-20(18)23/h2-13,15,24,29H,14,16H2,1H3,(H,30,32). The van der Waals surface area contributed by atoms with Gasteiger partial charge in [0.25, 0.3) is 5.91 Å². The minimum Gasteiger partial charge on any atom is -0.497 e. The molecule has 1 heterocycles. The van der Waals surface area contributed by atoms with Crippen LogP contribution in [0.2, 0.25) is 5.02 Å². The minimum absolute atomic E-state index is 0.162. The highest BCUT2D eigenvalue weighted by molar-refractivity contribution is 6.33. The molecule has 0 saturated heterocycles. The molecule has 4 rings (SSSR count). The summed E-state index contributed by atoms with van der Waals surface area (Å²) in [6.07, 6.45) is 1.95. The van der Waals surface area contributed by atoms with Crippen molar-refractivity contribution in [3.63, 3.8) is 0 Å². The molecule has 0 aliphatic rings. The molecule has 35 heavy (non-hydrogen) atoms. The van der Waals surface area contributed by atoms with Gasteiger partial charge in [-0.2, -0.15) is 0 Å². The lowest BCUT2D eigenvalue weighted by Crippen LogP contribution is -2.44. The lowest BCUT2D eigenvalue weighted by molar-refractivity contribution is -0.144. The number of carbonyl (C=O) groups is 3. The monoisotopic (exact) mass is 490 g/mol. The van der Waals surface area contributed by atoms with Crippen LogP contribution in [0.15, 0.2) is 79.0 Å². The Balaban J connectivity index is 1.51. The maximum Gasteiger partial charge on any atom is 0.329 e. The van der Waals surface area contributed by atoms with E-state index in [1.165, 1.54) is 7.11 Å². The van der Waals surface area contributed by atoms with E-state index in [9.17, 15) is 14.4 Å². The fraction of sp³-hybridized carbons (Fsp3) is 0.148. The summed E-state index contributed by atoms with van der Waals surface area (Å²) >= 11 is 6.16. The van der Waals surface area contributed by atoms with Crippen LogP contribution in [0.4, 0.5) is 0 Å². The second kappa shape index (κ2) is 10.9. The van der Waals surface area contributed by atoms with Crippen LogP contribution in [0, 0.1) is 0 Å². The van der Waals surface area contributed by atoms with E-state index in [1.54, 1.807) is 54.7 Å². The van der Waals surface area contributed by atoms with Crippen molar-refractivity contribution in [1.82, 2.24) is 10.3 Å². The van der Waals surface area contributed by atoms with E-state index in [1.807, 2.05) is 24.3 Å². The fourth-order valence-electron chi connectivity index (χ4n) is 3.69. The van der Waals surface area contributed by atoms with Gasteiger partial charge in [-0.3, -0.25) is 9.59 Å². The number of rotatable bonds is 9. The summed E-state index contributed by atoms with van der Waals surface area (Å²) in [5.74, 6) is -1.000. The summed E-state index contributed by atoms with van der Waals surface area (Å²) < 4.78 is 10.4. The fourth-order valence-corrected chi connectivity index (χ4v) is 3.91. The van der Waals surface area contributed by atoms with Crippen molar-refractivity contribution in [3.8, 4) is 5.75 Å². The third kappa shape index (κ3) is 5.70. The Morgan fingerprint density at radius 3 is 2.43 bits per heavy atom. The number of aromatic amines is 1. The molecule has 0 radical (unpaired) electrons. The number of amides is 1. The first-order valence-electron chi connectivity index (χ1n) is 10.9. The molecular formula is C27H23ClN2O5. The highest BCUT2D eigenvalue weighted by Crippen LogP contribution is 2.21. The number of methoxy groups -OCH3 is 1. The average molecular weight is 491 g/mol. The molecule has 4 aromatic rings. The molecule has 1 unspecified atom stereocenters. The summed E-state index contributed by atoms with van der Waals surface area (Å²) in [6, 6.07) is 19.6. The first-order chi connectivity index (χ1) is 17.0. The Morgan fingerprint density at radius 2 is 1.69 bits per heavy atom. The SMILES string of the molecule is COc1ccc(C(=O)COC(=O)C(Cc2c[nH]c3ccccc23)NC(=O)c2ccccc2Cl)cc1. The molecule has 7 nitrogen and oxygen atoms in total. The van der Waals surface area contributed by atoms with E-state index < -0.39 is 24.5 Å². The van der Waals surface area contributed by atoms with E-state index in [2.05, 4.69) is 10.3 Å². The van der Waals surface area contributed by atoms with Crippen molar-refractivity contribution in [2.24, 2.45) is 0 Å². The molecule has 1 amide bonds. The number of Topliss-reactive ketones (excluding diaryl/α,β-unsaturated/α-hetero) is 1. The molecule has 3 aromatic carbocycles. The molecule has 0 aliphatic carbocycles. The summed E-state index contributed by atoms with van der Waals surface area (Å²) in [5, 5.41) is 3.90. The zero-order valence-corrected chi connectivity index (χ0v) is 19.7. The number of hydrogen-bond acceptors (Lipinski definition) is 5. The number of esters is 1. The Kier molecular flexibility index (Phi) is 7.48. The smallest absolute Gasteiger partial charge is 0.329 e. The van der Waals surface area contributed by atoms with Gasteiger partial charge in [-0.05, 0) is 48.0 Å². The Bertz CT molecular complexity index is 1360. The molecular weight excluding hydrogens is 468 g/mol. The summed E-state index contributed by atoms with van der Waals surface area (Å²) in [7, 11) is 1.53. The number of H-pyrrole nitrogens is 1. The average Bonchev–Trinajstić information content (AvgIpc) is 3.29. The molecule has 8 heteroatoms. The van der Waals surface area contributed by atoms with Crippen LogP contribution in [0.25, 0.3) is 10.9 Å². The zero-order valence-electron chi connectivity index (χ0n) is 18.9. The Morgan fingerprint density at radius 1 is 0.971 bits per heavy atom. The van der Waals surface area contributed by atoms with Crippen molar-refractivity contribution < 1.29 is 23.9 Å². The highest BCUT2D eigenvalue weighted by atomic mass is 35.5. The number of ether oxygens (including phenoxy) is 2. The first kappa shape index (κ1) is 24.0. The van der Waals surface area contributed by atoms with Crippen LogP contribution in [0.5, 0.6) is 5.75 Å². The van der Waals surface area contributed by atoms with Gasteiger partial charge in [-0.1, -0.05) is 41.9 Å². The Hall–Kier alpha value is -4.10. The van der Waals surface area contributed by atoms with Gasteiger partial charge in [-0.25, -0.2) is 4.79 Å². The van der Waals surface area contributed by atoms with Gasteiger partial charge in [0.2, 0.25) is 0 Å². The Labute approximate surface area is 207 Å². The molecule has 0 bridgehead atoms.